The van der Waals surface area contributed by atoms with Crippen LogP contribution in [0.3, 0.4) is 0 Å². The highest BCUT2D eigenvalue weighted by Gasteiger charge is 2.21. The standard InChI is InChI=1S/C19H25N3O4/c1-12(2)22(13(3)4)17(23)11-26-18(24)10-9-16-20-15-8-6-5-7-14(15)19(25)21-16/h5-8,12-13H,9-11H2,1-4H3,(H,20,21,25). The molecule has 0 atom stereocenters. The number of aromatic amines is 1. The Bertz CT molecular complexity index is 834. The zero-order chi connectivity index (χ0) is 19.3. The lowest BCUT2D eigenvalue weighted by atomic mass is 10.2. The van der Waals surface area contributed by atoms with Gasteiger partial charge in [0.25, 0.3) is 11.5 Å². The van der Waals surface area contributed by atoms with Gasteiger partial charge in [-0.3, -0.25) is 14.4 Å². The van der Waals surface area contributed by atoms with E-state index in [-0.39, 0.29) is 43.0 Å². The van der Waals surface area contributed by atoms with Crippen LogP contribution in [0, 0.1) is 0 Å². The molecule has 2 aromatic rings. The van der Waals surface area contributed by atoms with Crippen LogP contribution in [0.2, 0.25) is 0 Å². The summed E-state index contributed by atoms with van der Waals surface area (Å²) in [7, 11) is 0. The molecule has 1 heterocycles. The minimum Gasteiger partial charge on any atom is -0.456 e. The number of carbonyl (C=O) groups excluding carboxylic acids is 2. The summed E-state index contributed by atoms with van der Waals surface area (Å²) in [6.45, 7) is 7.39. The molecule has 26 heavy (non-hydrogen) atoms. The van der Waals surface area contributed by atoms with E-state index in [1.807, 2.05) is 27.7 Å². The van der Waals surface area contributed by atoms with Crippen molar-refractivity contribution in [1.29, 1.82) is 0 Å². The fraction of sp³-hybridized carbons (Fsp3) is 0.474. The van der Waals surface area contributed by atoms with E-state index in [1.165, 1.54) is 0 Å². The van der Waals surface area contributed by atoms with Crippen molar-refractivity contribution >= 4 is 22.8 Å². The monoisotopic (exact) mass is 359 g/mol. The maximum Gasteiger partial charge on any atom is 0.306 e. The fourth-order valence-corrected chi connectivity index (χ4v) is 2.93. The SMILES string of the molecule is CC(C)N(C(=O)COC(=O)CCc1nc2ccccc2c(=O)[nH]1)C(C)C. The summed E-state index contributed by atoms with van der Waals surface area (Å²) in [4.78, 5) is 44.8. The van der Waals surface area contributed by atoms with E-state index in [0.717, 1.165) is 0 Å². The number of aromatic nitrogens is 2. The molecule has 0 saturated carbocycles. The Balaban J connectivity index is 1.91. The van der Waals surface area contributed by atoms with Gasteiger partial charge in [-0.2, -0.15) is 0 Å². The first kappa shape index (κ1) is 19.6. The lowest BCUT2D eigenvalue weighted by Gasteiger charge is -2.30. The van der Waals surface area contributed by atoms with E-state index in [2.05, 4.69) is 9.97 Å². The number of nitrogens with zero attached hydrogens (tertiary/aromatic N) is 2. The van der Waals surface area contributed by atoms with E-state index in [0.29, 0.717) is 16.7 Å². The Morgan fingerprint density at radius 2 is 1.81 bits per heavy atom. The second-order valence-corrected chi connectivity index (χ2v) is 6.68. The van der Waals surface area contributed by atoms with Crippen molar-refractivity contribution in [3.63, 3.8) is 0 Å². The highest BCUT2D eigenvalue weighted by molar-refractivity contribution is 5.81. The molecule has 0 fully saturated rings. The Morgan fingerprint density at radius 3 is 2.46 bits per heavy atom. The number of carbonyl (C=O) groups is 2. The van der Waals surface area contributed by atoms with Crippen molar-refractivity contribution in [2.24, 2.45) is 0 Å². The zero-order valence-electron chi connectivity index (χ0n) is 15.6. The number of H-pyrrole nitrogens is 1. The Hall–Kier alpha value is -2.70. The summed E-state index contributed by atoms with van der Waals surface area (Å²) in [6.07, 6.45) is 0.281. The van der Waals surface area contributed by atoms with Crippen LogP contribution in [0.5, 0.6) is 0 Å². The van der Waals surface area contributed by atoms with Crippen LogP contribution in [0.1, 0.15) is 39.9 Å². The average Bonchev–Trinajstić information content (AvgIpc) is 2.57. The molecule has 0 aliphatic rings. The van der Waals surface area contributed by atoms with Gasteiger partial charge in [-0.05, 0) is 39.8 Å². The molecule has 1 aromatic carbocycles. The second kappa shape index (κ2) is 8.60. The summed E-state index contributed by atoms with van der Waals surface area (Å²) in [5.41, 5.74) is 0.345. The van der Waals surface area contributed by atoms with Gasteiger partial charge in [0.2, 0.25) is 0 Å². The number of benzene rings is 1. The molecule has 0 unspecified atom stereocenters. The van der Waals surface area contributed by atoms with Crippen LogP contribution in [0.4, 0.5) is 0 Å². The summed E-state index contributed by atoms with van der Waals surface area (Å²) in [5, 5.41) is 0.506. The third-order valence-electron chi connectivity index (χ3n) is 3.99. The van der Waals surface area contributed by atoms with Crippen LogP contribution in [0.15, 0.2) is 29.1 Å². The molecule has 0 radical (unpaired) electrons. The molecule has 7 nitrogen and oxygen atoms in total. The normalized spacial score (nSPS) is 11.2. The number of hydrogen-bond acceptors (Lipinski definition) is 5. The quantitative estimate of drug-likeness (QED) is 0.764. The summed E-state index contributed by atoms with van der Waals surface area (Å²) in [5.74, 6) is -0.301. The number of fused-ring (bicyclic) bond motifs is 1. The predicted molar refractivity (Wildman–Crippen MR) is 98.8 cm³/mol. The molecule has 0 spiro atoms. The van der Waals surface area contributed by atoms with E-state index in [9.17, 15) is 14.4 Å². The third kappa shape index (κ3) is 4.91. The van der Waals surface area contributed by atoms with E-state index in [1.54, 1.807) is 29.2 Å². The van der Waals surface area contributed by atoms with Crippen molar-refractivity contribution in [2.45, 2.75) is 52.6 Å². The topological polar surface area (TPSA) is 92.4 Å². The number of para-hydroxylation sites is 1. The van der Waals surface area contributed by atoms with Crippen molar-refractivity contribution < 1.29 is 14.3 Å². The first-order chi connectivity index (χ1) is 12.3. The van der Waals surface area contributed by atoms with Crippen molar-refractivity contribution in [2.75, 3.05) is 6.61 Å². The van der Waals surface area contributed by atoms with Gasteiger partial charge < -0.3 is 14.6 Å². The number of hydrogen-bond donors (Lipinski definition) is 1. The second-order valence-electron chi connectivity index (χ2n) is 6.68. The van der Waals surface area contributed by atoms with Gasteiger partial charge in [0.05, 0.1) is 17.3 Å². The molecular weight excluding hydrogens is 334 g/mol. The maximum atomic E-state index is 12.2. The average molecular weight is 359 g/mol. The van der Waals surface area contributed by atoms with E-state index >= 15 is 0 Å². The zero-order valence-corrected chi connectivity index (χ0v) is 15.6. The van der Waals surface area contributed by atoms with Gasteiger partial charge in [0, 0.05) is 18.5 Å². The van der Waals surface area contributed by atoms with Gasteiger partial charge in [0.15, 0.2) is 6.61 Å². The van der Waals surface area contributed by atoms with E-state index < -0.39 is 5.97 Å². The molecular formula is C19H25N3O4. The molecule has 2 rings (SSSR count). The highest BCUT2D eigenvalue weighted by atomic mass is 16.5. The fourth-order valence-electron chi connectivity index (χ4n) is 2.93. The summed E-state index contributed by atoms with van der Waals surface area (Å²) in [6, 6.07) is 7.08. The third-order valence-corrected chi connectivity index (χ3v) is 3.99. The molecule has 0 aliphatic carbocycles. The first-order valence-electron chi connectivity index (χ1n) is 8.74. The van der Waals surface area contributed by atoms with Crippen molar-refractivity contribution in [3.05, 3.63) is 40.4 Å². The highest BCUT2D eigenvalue weighted by Crippen LogP contribution is 2.08. The Morgan fingerprint density at radius 1 is 1.15 bits per heavy atom. The lowest BCUT2D eigenvalue weighted by molar-refractivity contribution is -0.153. The number of nitrogens with one attached hydrogen (secondary N) is 1. The molecule has 1 amide bonds. The van der Waals surface area contributed by atoms with Gasteiger partial charge >= 0.3 is 5.97 Å². The first-order valence-corrected chi connectivity index (χ1v) is 8.74. The molecule has 0 aliphatic heterocycles. The maximum absolute atomic E-state index is 12.2. The van der Waals surface area contributed by atoms with Gasteiger partial charge in [-0.25, -0.2) is 4.98 Å². The summed E-state index contributed by atoms with van der Waals surface area (Å²) >= 11 is 0. The van der Waals surface area contributed by atoms with Crippen molar-refractivity contribution in [1.82, 2.24) is 14.9 Å². The number of ether oxygens (including phenoxy) is 1. The van der Waals surface area contributed by atoms with Crippen LogP contribution in [0.25, 0.3) is 10.9 Å². The van der Waals surface area contributed by atoms with Crippen LogP contribution in [-0.4, -0.2) is 45.4 Å². The molecule has 140 valence electrons. The van der Waals surface area contributed by atoms with Crippen LogP contribution < -0.4 is 5.56 Å². The number of esters is 1. The van der Waals surface area contributed by atoms with Crippen LogP contribution in [-0.2, 0) is 20.7 Å². The van der Waals surface area contributed by atoms with Crippen LogP contribution >= 0.6 is 0 Å². The molecule has 1 N–H and O–H groups in total. The lowest BCUT2D eigenvalue weighted by Crippen LogP contribution is -2.44. The molecule has 7 heteroatoms. The van der Waals surface area contributed by atoms with Gasteiger partial charge in [-0.1, -0.05) is 12.1 Å². The molecule has 1 aromatic heterocycles. The van der Waals surface area contributed by atoms with Gasteiger partial charge in [-0.15, -0.1) is 0 Å². The molecule has 0 bridgehead atoms. The Kier molecular flexibility index (Phi) is 6.49. The largest absolute Gasteiger partial charge is 0.456 e. The summed E-state index contributed by atoms with van der Waals surface area (Å²) < 4.78 is 5.07. The smallest absolute Gasteiger partial charge is 0.306 e. The minimum absolute atomic E-state index is 0.0353. The number of amides is 1. The van der Waals surface area contributed by atoms with Crippen molar-refractivity contribution in [3.8, 4) is 0 Å². The number of rotatable bonds is 7. The molecule has 0 saturated heterocycles. The minimum atomic E-state index is -0.499. The Labute approximate surface area is 152 Å². The predicted octanol–water partition coefficient (Wildman–Crippen LogP) is 2.04. The van der Waals surface area contributed by atoms with E-state index in [4.69, 9.17) is 4.74 Å². The number of aryl methyl sites for hydroxylation is 1. The van der Waals surface area contributed by atoms with Gasteiger partial charge in [0.1, 0.15) is 5.82 Å².